The fourth-order valence-electron chi connectivity index (χ4n) is 2.51. The molecule has 2 aromatic rings. The number of furan rings is 1. The van der Waals surface area contributed by atoms with E-state index in [1.165, 1.54) is 0 Å². The van der Waals surface area contributed by atoms with Crippen molar-refractivity contribution < 1.29 is 14.3 Å². The normalized spacial score (nSPS) is 21.4. The summed E-state index contributed by atoms with van der Waals surface area (Å²) in [6.07, 6.45) is 1.51. The number of aliphatic hydroxyl groups excluding tert-OH is 1. The largest absolute Gasteiger partial charge is 0.469 e. The van der Waals surface area contributed by atoms with E-state index in [1.807, 2.05) is 12.1 Å². The van der Waals surface area contributed by atoms with E-state index in [0.717, 1.165) is 12.2 Å². The lowest BCUT2D eigenvalue weighted by Crippen LogP contribution is -2.30. The van der Waals surface area contributed by atoms with Crippen LogP contribution in [0.2, 0.25) is 10.0 Å². The second-order valence-electron chi connectivity index (χ2n) is 5.39. The molecule has 1 amide bonds. The summed E-state index contributed by atoms with van der Waals surface area (Å²) < 4.78 is 5.30. The van der Waals surface area contributed by atoms with Gasteiger partial charge in [0.1, 0.15) is 5.76 Å². The number of carbonyl (C=O) groups excluding carboxylic acids is 1. The van der Waals surface area contributed by atoms with Crippen molar-refractivity contribution in [3.63, 3.8) is 0 Å². The van der Waals surface area contributed by atoms with Crippen LogP contribution in [0.1, 0.15) is 29.8 Å². The lowest BCUT2D eigenvalue weighted by atomic mass is 10.1. The third-order valence-electron chi connectivity index (χ3n) is 3.83. The van der Waals surface area contributed by atoms with Crippen LogP contribution in [0.4, 0.5) is 0 Å². The second-order valence-corrected chi connectivity index (χ2v) is 6.23. The Morgan fingerprint density at radius 2 is 2.23 bits per heavy atom. The quantitative estimate of drug-likeness (QED) is 0.875. The van der Waals surface area contributed by atoms with Crippen molar-refractivity contribution in [2.24, 2.45) is 5.92 Å². The van der Waals surface area contributed by atoms with E-state index in [9.17, 15) is 9.90 Å². The summed E-state index contributed by atoms with van der Waals surface area (Å²) in [5.41, 5.74) is 0.546. The maximum absolute atomic E-state index is 12.1. The van der Waals surface area contributed by atoms with Gasteiger partial charge in [-0.25, -0.2) is 0 Å². The number of benzene rings is 1. The first-order chi connectivity index (χ1) is 10.6. The molecule has 4 nitrogen and oxygen atoms in total. The van der Waals surface area contributed by atoms with Crippen molar-refractivity contribution >= 4 is 29.1 Å². The van der Waals surface area contributed by atoms with Gasteiger partial charge in [-0.2, -0.15) is 0 Å². The van der Waals surface area contributed by atoms with Gasteiger partial charge in [0.25, 0.3) is 0 Å². The Balaban J connectivity index is 1.53. The molecule has 3 atom stereocenters. The minimum atomic E-state index is -0.866. The maximum Gasteiger partial charge on any atom is 0.223 e. The van der Waals surface area contributed by atoms with Crippen LogP contribution in [0.5, 0.6) is 0 Å². The summed E-state index contributed by atoms with van der Waals surface area (Å²) in [5, 5.41) is 13.8. The zero-order valence-electron chi connectivity index (χ0n) is 11.6. The number of rotatable bonds is 5. The van der Waals surface area contributed by atoms with Crippen LogP contribution in [0, 0.1) is 5.92 Å². The number of hydrogen-bond donors (Lipinski definition) is 2. The molecule has 22 heavy (non-hydrogen) atoms. The van der Waals surface area contributed by atoms with Crippen LogP contribution in [0.25, 0.3) is 0 Å². The molecule has 1 aliphatic carbocycles. The van der Waals surface area contributed by atoms with Gasteiger partial charge in [0.15, 0.2) is 0 Å². The first-order valence-corrected chi connectivity index (χ1v) is 7.76. The van der Waals surface area contributed by atoms with E-state index in [-0.39, 0.29) is 24.3 Å². The number of nitrogens with one attached hydrogen (secondary N) is 1. The molecule has 1 heterocycles. The summed E-state index contributed by atoms with van der Waals surface area (Å²) >= 11 is 11.9. The Bertz CT molecular complexity index is 672. The molecule has 0 saturated heterocycles. The van der Waals surface area contributed by atoms with E-state index < -0.39 is 6.10 Å². The zero-order valence-corrected chi connectivity index (χ0v) is 13.1. The molecule has 0 aliphatic heterocycles. The highest BCUT2D eigenvalue weighted by molar-refractivity contribution is 6.35. The van der Waals surface area contributed by atoms with Crippen LogP contribution >= 0.6 is 23.2 Å². The third kappa shape index (κ3) is 3.29. The summed E-state index contributed by atoms with van der Waals surface area (Å²) in [7, 11) is 0. The van der Waals surface area contributed by atoms with Gasteiger partial charge in [-0.3, -0.25) is 4.79 Å². The number of carbonyl (C=O) groups is 1. The summed E-state index contributed by atoms with van der Waals surface area (Å²) in [6, 6.07) is 8.57. The number of aliphatic hydroxyl groups is 1. The van der Waals surface area contributed by atoms with Crippen molar-refractivity contribution in [2.75, 3.05) is 6.54 Å². The van der Waals surface area contributed by atoms with Gasteiger partial charge in [-0.05, 0) is 30.7 Å². The Hall–Kier alpha value is -1.49. The van der Waals surface area contributed by atoms with Gasteiger partial charge in [-0.1, -0.05) is 29.3 Å². The van der Waals surface area contributed by atoms with E-state index in [2.05, 4.69) is 5.32 Å². The molecule has 2 N–H and O–H groups in total. The summed E-state index contributed by atoms with van der Waals surface area (Å²) in [4.78, 5) is 12.1. The molecule has 1 aromatic heterocycles. The van der Waals surface area contributed by atoms with Crippen molar-refractivity contribution in [2.45, 2.75) is 18.4 Å². The van der Waals surface area contributed by atoms with Crippen molar-refractivity contribution in [3.8, 4) is 0 Å². The minimum absolute atomic E-state index is 0.0782. The standard InChI is InChI=1S/C16H15Cl2NO3/c17-9-3-4-10(13(18)6-9)14(20)8-19-16(21)12-7-11(12)15-2-1-5-22-15/h1-6,11-12,14,20H,7-8H2,(H,19,21)/t11-,12+,14-/m0/s1. The molecular weight excluding hydrogens is 325 g/mol. The fraction of sp³-hybridized carbons (Fsp3) is 0.312. The van der Waals surface area contributed by atoms with Gasteiger partial charge in [0.2, 0.25) is 5.91 Å². The summed E-state index contributed by atoms with van der Waals surface area (Å²) in [5.74, 6) is 0.817. The highest BCUT2D eigenvalue weighted by Crippen LogP contribution is 2.47. The molecule has 3 rings (SSSR count). The molecule has 0 unspecified atom stereocenters. The number of hydrogen-bond acceptors (Lipinski definition) is 3. The molecule has 1 fully saturated rings. The predicted octanol–water partition coefficient (Wildman–Crippen LogP) is 3.54. The first-order valence-electron chi connectivity index (χ1n) is 7.00. The lowest BCUT2D eigenvalue weighted by Gasteiger charge is -2.14. The van der Waals surface area contributed by atoms with E-state index >= 15 is 0 Å². The molecular formula is C16H15Cl2NO3. The van der Waals surface area contributed by atoms with Crippen LogP contribution in [0.3, 0.4) is 0 Å². The van der Waals surface area contributed by atoms with E-state index in [4.69, 9.17) is 27.6 Å². The number of halogens is 2. The molecule has 0 spiro atoms. The summed E-state index contributed by atoms with van der Waals surface area (Å²) in [6.45, 7) is 0.113. The van der Waals surface area contributed by atoms with Crippen LogP contribution < -0.4 is 5.32 Å². The average Bonchev–Trinajstić information content (AvgIpc) is 3.10. The molecule has 0 bridgehead atoms. The Morgan fingerprint density at radius 1 is 1.41 bits per heavy atom. The minimum Gasteiger partial charge on any atom is -0.469 e. The molecule has 1 aromatic carbocycles. The Labute approximate surface area is 138 Å². The molecule has 6 heteroatoms. The van der Waals surface area contributed by atoms with Crippen molar-refractivity contribution in [1.82, 2.24) is 5.32 Å². The maximum atomic E-state index is 12.1. The highest BCUT2D eigenvalue weighted by Gasteiger charge is 2.45. The van der Waals surface area contributed by atoms with E-state index in [0.29, 0.717) is 15.6 Å². The predicted molar refractivity (Wildman–Crippen MR) is 84.0 cm³/mol. The molecule has 116 valence electrons. The smallest absolute Gasteiger partial charge is 0.223 e. The molecule has 1 saturated carbocycles. The van der Waals surface area contributed by atoms with Crippen molar-refractivity contribution in [1.29, 1.82) is 0 Å². The zero-order chi connectivity index (χ0) is 15.7. The van der Waals surface area contributed by atoms with Crippen molar-refractivity contribution in [3.05, 3.63) is 58.0 Å². The lowest BCUT2D eigenvalue weighted by molar-refractivity contribution is -0.122. The Kier molecular flexibility index (Phi) is 4.43. The monoisotopic (exact) mass is 339 g/mol. The van der Waals surface area contributed by atoms with Gasteiger partial charge >= 0.3 is 0 Å². The Morgan fingerprint density at radius 3 is 2.91 bits per heavy atom. The van der Waals surface area contributed by atoms with Crippen LogP contribution in [0.15, 0.2) is 41.0 Å². The van der Waals surface area contributed by atoms with Crippen LogP contribution in [-0.2, 0) is 4.79 Å². The van der Waals surface area contributed by atoms with Gasteiger partial charge in [0, 0.05) is 34.0 Å². The number of amides is 1. The van der Waals surface area contributed by atoms with E-state index in [1.54, 1.807) is 24.5 Å². The highest BCUT2D eigenvalue weighted by atomic mass is 35.5. The molecule has 0 radical (unpaired) electrons. The van der Waals surface area contributed by atoms with Crippen LogP contribution in [-0.4, -0.2) is 17.6 Å². The van der Waals surface area contributed by atoms with Gasteiger partial charge in [-0.15, -0.1) is 0 Å². The van der Waals surface area contributed by atoms with Gasteiger partial charge < -0.3 is 14.8 Å². The second kappa shape index (κ2) is 6.32. The fourth-order valence-corrected chi connectivity index (χ4v) is 3.05. The third-order valence-corrected chi connectivity index (χ3v) is 4.39. The van der Waals surface area contributed by atoms with Gasteiger partial charge in [0.05, 0.1) is 12.4 Å². The SMILES string of the molecule is O=C(NC[C@H](O)c1ccc(Cl)cc1Cl)[C@@H]1C[C@@H]1c1ccco1. The average molecular weight is 340 g/mol. The first kappa shape index (κ1) is 15.4. The molecule has 1 aliphatic rings. The topological polar surface area (TPSA) is 62.5 Å².